The van der Waals surface area contributed by atoms with E-state index in [1.165, 1.54) is 18.6 Å². The van der Waals surface area contributed by atoms with Crippen molar-refractivity contribution in [2.45, 2.75) is 43.0 Å². The molecule has 3 aromatic carbocycles. The first-order valence-electron chi connectivity index (χ1n) is 14.4. The first-order valence-corrected chi connectivity index (χ1v) is 15.9. The van der Waals surface area contributed by atoms with Gasteiger partial charge in [-0.3, -0.25) is 4.79 Å². The number of aromatic nitrogens is 4. The number of fused-ring (bicyclic) bond motifs is 2. The number of rotatable bonds is 6. The van der Waals surface area contributed by atoms with Crippen LogP contribution < -0.4 is 4.72 Å². The van der Waals surface area contributed by atoms with E-state index < -0.39 is 15.9 Å². The van der Waals surface area contributed by atoms with Gasteiger partial charge in [-0.05, 0) is 60.9 Å². The fourth-order valence-corrected chi connectivity index (χ4v) is 6.92. The molecule has 43 heavy (non-hydrogen) atoms. The minimum absolute atomic E-state index is 0.0296. The molecule has 1 amide bonds. The van der Waals surface area contributed by atoms with Gasteiger partial charge < -0.3 is 4.57 Å². The highest BCUT2D eigenvalue weighted by Crippen LogP contribution is 2.37. The fourth-order valence-electron chi connectivity index (χ4n) is 5.93. The number of nitrogens with zero attached hydrogens (tertiary/aromatic N) is 4. The Bertz CT molecular complexity index is 2070. The van der Waals surface area contributed by atoms with Gasteiger partial charge in [0.25, 0.3) is 15.9 Å². The molecule has 0 spiro atoms. The smallest absolute Gasteiger partial charge is 0.265 e. The topological polar surface area (TPSA) is 107 Å². The van der Waals surface area contributed by atoms with E-state index in [2.05, 4.69) is 43.5 Å². The average Bonchev–Trinajstić information content (AvgIpc) is 3.44. The lowest BCUT2D eigenvalue weighted by Crippen LogP contribution is -2.30. The Morgan fingerprint density at radius 1 is 0.767 bits per heavy atom. The Morgan fingerprint density at radius 3 is 2.19 bits per heavy atom. The standard InChI is InChI=1S/C34H29N5O3S/c40-34(38-43(41,42)29-14-8-3-9-15-29)24-16-17-31-30(20-24)37-33(39(31)28-12-6-2-7-13-28)27-19-25-18-26(21-35-32(25)36-22-27)23-10-4-1-5-11-23/h1,3-5,8-11,14-22,28H,2,6-7,12-13H2,(H,38,40). The first-order chi connectivity index (χ1) is 21.0. The number of pyridine rings is 2. The molecule has 0 bridgehead atoms. The molecular formula is C34H29N5O3S. The van der Waals surface area contributed by atoms with Crippen molar-refractivity contribution in [1.29, 1.82) is 0 Å². The molecule has 1 saturated carbocycles. The summed E-state index contributed by atoms with van der Waals surface area (Å²) >= 11 is 0. The molecule has 0 unspecified atom stereocenters. The zero-order valence-electron chi connectivity index (χ0n) is 23.3. The molecule has 0 aliphatic heterocycles. The van der Waals surface area contributed by atoms with Gasteiger partial charge in [0.05, 0.1) is 15.9 Å². The third-order valence-corrected chi connectivity index (χ3v) is 9.42. The molecule has 0 atom stereocenters. The lowest BCUT2D eigenvalue weighted by Gasteiger charge is -2.25. The molecule has 0 radical (unpaired) electrons. The van der Waals surface area contributed by atoms with Crippen LogP contribution in [0.4, 0.5) is 0 Å². The molecule has 0 saturated heterocycles. The van der Waals surface area contributed by atoms with Crippen LogP contribution >= 0.6 is 0 Å². The summed E-state index contributed by atoms with van der Waals surface area (Å²) in [5.74, 6) is 0.0716. The highest BCUT2D eigenvalue weighted by molar-refractivity contribution is 7.90. The molecule has 1 aliphatic carbocycles. The number of hydrogen-bond donors (Lipinski definition) is 1. The van der Waals surface area contributed by atoms with Gasteiger partial charge in [0, 0.05) is 40.5 Å². The second kappa shape index (κ2) is 11.1. The molecule has 8 nitrogen and oxygen atoms in total. The van der Waals surface area contributed by atoms with Crippen LogP contribution in [0.2, 0.25) is 0 Å². The number of benzene rings is 3. The van der Waals surface area contributed by atoms with Crippen LogP contribution in [0.3, 0.4) is 0 Å². The minimum atomic E-state index is -4.01. The van der Waals surface area contributed by atoms with Crippen LogP contribution in [0.25, 0.3) is 44.6 Å². The van der Waals surface area contributed by atoms with Gasteiger partial charge in [0.15, 0.2) is 5.65 Å². The van der Waals surface area contributed by atoms with E-state index in [1.807, 2.05) is 30.5 Å². The molecule has 3 heterocycles. The van der Waals surface area contributed by atoms with Gasteiger partial charge in [-0.2, -0.15) is 0 Å². The van der Waals surface area contributed by atoms with Crippen molar-refractivity contribution in [1.82, 2.24) is 24.2 Å². The van der Waals surface area contributed by atoms with E-state index in [-0.39, 0.29) is 16.5 Å². The zero-order valence-corrected chi connectivity index (χ0v) is 24.2. The van der Waals surface area contributed by atoms with E-state index in [0.29, 0.717) is 11.2 Å². The maximum atomic E-state index is 13.1. The molecule has 1 N–H and O–H groups in total. The van der Waals surface area contributed by atoms with Gasteiger partial charge in [0.2, 0.25) is 0 Å². The van der Waals surface area contributed by atoms with E-state index in [0.717, 1.165) is 59.1 Å². The summed E-state index contributed by atoms with van der Waals surface area (Å²) in [6.45, 7) is 0. The van der Waals surface area contributed by atoms with E-state index in [9.17, 15) is 13.2 Å². The number of carbonyl (C=O) groups is 1. The molecule has 9 heteroatoms. The van der Waals surface area contributed by atoms with Crippen LogP contribution in [-0.4, -0.2) is 33.8 Å². The quantitative estimate of drug-likeness (QED) is 0.226. The molecular weight excluding hydrogens is 558 g/mol. The molecule has 3 aromatic heterocycles. The predicted octanol–water partition coefficient (Wildman–Crippen LogP) is 6.94. The number of carbonyl (C=O) groups excluding carboxylic acids is 1. The third kappa shape index (κ3) is 5.28. The summed E-state index contributed by atoms with van der Waals surface area (Å²) < 4.78 is 30.0. The number of sulfonamides is 1. The maximum Gasteiger partial charge on any atom is 0.265 e. The number of nitrogens with one attached hydrogen (secondary N) is 1. The van der Waals surface area contributed by atoms with Crippen LogP contribution in [-0.2, 0) is 10.0 Å². The SMILES string of the molecule is O=C(NS(=O)(=O)c1ccccc1)c1ccc2c(c1)nc(-c1cnc3ncc(-c4ccccc4)cc3c1)n2C1CCCCC1. The van der Waals surface area contributed by atoms with Crippen molar-refractivity contribution < 1.29 is 13.2 Å². The van der Waals surface area contributed by atoms with Crippen molar-refractivity contribution in [2.24, 2.45) is 0 Å². The van der Waals surface area contributed by atoms with Crippen molar-refractivity contribution in [2.75, 3.05) is 0 Å². The number of imidazole rings is 1. The maximum absolute atomic E-state index is 13.1. The normalized spacial score (nSPS) is 14.2. The second-order valence-corrected chi connectivity index (χ2v) is 12.6. The number of amides is 1. The van der Waals surface area contributed by atoms with Gasteiger partial charge in [-0.25, -0.2) is 28.1 Å². The van der Waals surface area contributed by atoms with Gasteiger partial charge in [0.1, 0.15) is 5.82 Å². The Morgan fingerprint density at radius 2 is 1.44 bits per heavy atom. The van der Waals surface area contributed by atoms with Crippen molar-refractivity contribution in [3.63, 3.8) is 0 Å². The van der Waals surface area contributed by atoms with E-state index in [1.54, 1.807) is 36.5 Å². The average molecular weight is 588 g/mol. The largest absolute Gasteiger partial charge is 0.321 e. The Balaban J connectivity index is 1.30. The van der Waals surface area contributed by atoms with Crippen molar-refractivity contribution in [3.05, 3.63) is 109 Å². The second-order valence-electron chi connectivity index (χ2n) is 10.9. The lowest BCUT2D eigenvalue weighted by atomic mass is 9.95. The van der Waals surface area contributed by atoms with E-state index >= 15 is 0 Å². The van der Waals surface area contributed by atoms with Gasteiger partial charge in [-0.15, -0.1) is 0 Å². The van der Waals surface area contributed by atoms with Crippen molar-refractivity contribution in [3.8, 4) is 22.5 Å². The Kier molecular flexibility index (Phi) is 6.95. The summed E-state index contributed by atoms with van der Waals surface area (Å²) in [5.41, 5.74) is 5.36. The molecule has 1 aliphatic rings. The molecule has 214 valence electrons. The van der Waals surface area contributed by atoms with Gasteiger partial charge >= 0.3 is 0 Å². The van der Waals surface area contributed by atoms with Gasteiger partial charge in [-0.1, -0.05) is 67.8 Å². The monoisotopic (exact) mass is 587 g/mol. The fraction of sp³-hybridized carbons (Fsp3) is 0.176. The summed E-state index contributed by atoms with van der Waals surface area (Å²) in [6.07, 6.45) is 9.21. The third-order valence-electron chi connectivity index (χ3n) is 8.07. The number of hydrogen-bond acceptors (Lipinski definition) is 6. The molecule has 6 aromatic rings. The summed E-state index contributed by atoms with van der Waals surface area (Å²) in [7, 11) is -4.01. The van der Waals surface area contributed by atoms with E-state index in [4.69, 9.17) is 4.98 Å². The predicted molar refractivity (Wildman–Crippen MR) is 167 cm³/mol. The summed E-state index contributed by atoms with van der Waals surface area (Å²) in [6, 6.07) is 27.6. The molecule has 7 rings (SSSR count). The molecule has 1 fully saturated rings. The van der Waals surface area contributed by atoms with Crippen molar-refractivity contribution >= 4 is 38.0 Å². The summed E-state index contributed by atoms with van der Waals surface area (Å²) in [5, 5.41) is 0.910. The van der Waals surface area contributed by atoms with Crippen LogP contribution in [0.1, 0.15) is 48.5 Å². The first kappa shape index (κ1) is 27.0. The minimum Gasteiger partial charge on any atom is -0.321 e. The Labute approximate surface area is 249 Å². The highest BCUT2D eigenvalue weighted by Gasteiger charge is 2.24. The lowest BCUT2D eigenvalue weighted by molar-refractivity contribution is 0.0981. The Hall–Kier alpha value is -4.89. The highest BCUT2D eigenvalue weighted by atomic mass is 32.2. The zero-order chi connectivity index (χ0) is 29.4. The summed E-state index contributed by atoms with van der Waals surface area (Å²) in [4.78, 5) is 27.4. The van der Waals surface area contributed by atoms with Crippen LogP contribution in [0.5, 0.6) is 0 Å². The van der Waals surface area contributed by atoms with Crippen LogP contribution in [0.15, 0.2) is 108 Å². The van der Waals surface area contributed by atoms with Crippen LogP contribution in [0, 0.1) is 0 Å².